The molecule has 5 heteroatoms. The molecule has 2 aromatic rings. The van der Waals surface area contributed by atoms with E-state index in [-0.39, 0.29) is 0 Å². The Morgan fingerprint density at radius 1 is 1.10 bits per heavy atom. The summed E-state index contributed by atoms with van der Waals surface area (Å²) in [6, 6.07) is 0. The summed E-state index contributed by atoms with van der Waals surface area (Å²) in [7, 11) is 2.01. The van der Waals surface area contributed by atoms with Gasteiger partial charge in [-0.15, -0.1) is 11.3 Å². The van der Waals surface area contributed by atoms with Crippen LogP contribution in [0.25, 0.3) is 0 Å². The molecule has 0 saturated carbocycles. The van der Waals surface area contributed by atoms with Crippen LogP contribution in [0.2, 0.25) is 0 Å². The number of anilines is 1. The maximum atomic E-state index is 4.66. The Morgan fingerprint density at radius 2 is 1.70 bits per heavy atom. The van der Waals surface area contributed by atoms with E-state index in [1.807, 2.05) is 20.9 Å². The van der Waals surface area contributed by atoms with Gasteiger partial charge in [-0.1, -0.05) is 13.8 Å². The monoisotopic (exact) mass is 290 g/mol. The van der Waals surface area contributed by atoms with E-state index in [9.17, 15) is 0 Å². The second-order valence-corrected chi connectivity index (χ2v) is 6.40. The molecule has 2 rings (SSSR count). The Bertz CT molecular complexity index is 581. The number of rotatable bonds is 4. The molecule has 108 valence electrons. The summed E-state index contributed by atoms with van der Waals surface area (Å²) < 4.78 is 0. The molecular weight excluding hydrogens is 268 g/mol. The van der Waals surface area contributed by atoms with Crippen molar-refractivity contribution < 1.29 is 0 Å². The highest BCUT2D eigenvalue weighted by molar-refractivity contribution is 7.09. The van der Waals surface area contributed by atoms with E-state index >= 15 is 0 Å². The summed E-state index contributed by atoms with van der Waals surface area (Å²) in [4.78, 5) is 15.8. The molecular formula is C15H22N4S. The maximum absolute atomic E-state index is 4.66. The van der Waals surface area contributed by atoms with E-state index < -0.39 is 0 Å². The Labute approximate surface area is 124 Å². The van der Waals surface area contributed by atoms with Crippen molar-refractivity contribution in [1.82, 2.24) is 15.0 Å². The molecule has 0 unspecified atom stereocenters. The standard InChI is InChI=1S/C15H22N4S/c1-9(2)14-18-13(8-20-14)7-19(6)15-16-11(4)10(3)12(5)17-15/h8-9H,7H2,1-6H3. The minimum Gasteiger partial charge on any atom is -0.338 e. The average Bonchev–Trinajstić information content (AvgIpc) is 2.84. The first-order valence-corrected chi connectivity index (χ1v) is 7.73. The molecule has 0 aliphatic carbocycles. The lowest BCUT2D eigenvalue weighted by molar-refractivity contribution is 0.803. The average molecular weight is 290 g/mol. The van der Waals surface area contributed by atoms with Gasteiger partial charge in [0.25, 0.3) is 0 Å². The summed E-state index contributed by atoms with van der Waals surface area (Å²) in [5.74, 6) is 1.25. The quantitative estimate of drug-likeness (QED) is 0.862. The zero-order valence-corrected chi connectivity index (χ0v) is 13.9. The smallest absolute Gasteiger partial charge is 0.225 e. The lowest BCUT2D eigenvalue weighted by Gasteiger charge is -2.17. The van der Waals surface area contributed by atoms with E-state index in [4.69, 9.17) is 0 Å². The first kappa shape index (κ1) is 14.9. The van der Waals surface area contributed by atoms with E-state index in [0.29, 0.717) is 5.92 Å². The molecule has 0 saturated heterocycles. The highest BCUT2D eigenvalue weighted by Crippen LogP contribution is 2.21. The summed E-state index contributed by atoms with van der Waals surface area (Å²) in [5.41, 5.74) is 4.33. The van der Waals surface area contributed by atoms with Crippen molar-refractivity contribution in [3.63, 3.8) is 0 Å². The molecule has 4 nitrogen and oxygen atoms in total. The molecule has 20 heavy (non-hydrogen) atoms. The van der Waals surface area contributed by atoms with Crippen molar-refractivity contribution in [1.29, 1.82) is 0 Å². The highest BCUT2D eigenvalue weighted by Gasteiger charge is 2.12. The van der Waals surface area contributed by atoms with Crippen molar-refractivity contribution in [2.75, 3.05) is 11.9 Å². The maximum Gasteiger partial charge on any atom is 0.225 e. The molecule has 0 fully saturated rings. The van der Waals surface area contributed by atoms with Gasteiger partial charge in [0.15, 0.2) is 0 Å². The van der Waals surface area contributed by atoms with E-state index in [2.05, 4.69) is 46.0 Å². The van der Waals surface area contributed by atoms with Crippen molar-refractivity contribution in [3.05, 3.63) is 33.0 Å². The van der Waals surface area contributed by atoms with E-state index in [0.717, 1.165) is 35.1 Å². The highest BCUT2D eigenvalue weighted by atomic mass is 32.1. The van der Waals surface area contributed by atoms with Crippen LogP contribution in [0.1, 0.15) is 47.4 Å². The van der Waals surface area contributed by atoms with Crippen LogP contribution in [-0.4, -0.2) is 22.0 Å². The van der Waals surface area contributed by atoms with Crippen molar-refractivity contribution in [2.24, 2.45) is 0 Å². The largest absolute Gasteiger partial charge is 0.338 e. The number of hydrogen-bond acceptors (Lipinski definition) is 5. The molecule has 2 heterocycles. The van der Waals surface area contributed by atoms with Crippen molar-refractivity contribution in [2.45, 2.75) is 47.1 Å². The SMILES string of the molecule is Cc1nc(N(C)Cc2csc(C(C)C)n2)nc(C)c1C. The van der Waals surface area contributed by atoms with Crippen molar-refractivity contribution in [3.8, 4) is 0 Å². The third-order valence-corrected chi connectivity index (χ3v) is 4.62. The van der Waals surface area contributed by atoms with Crippen LogP contribution in [-0.2, 0) is 6.54 Å². The van der Waals surface area contributed by atoms with Crippen molar-refractivity contribution >= 4 is 17.3 Å². The normalized spacial score (nSPS) is 11.2. The van der Waals surface area contributed by atoms with Crippen LogP contribution in [0.5, 0.6) is 0 Å². The molecule has 0 aromatic carbocycles. The zero-order valence-electron chi connectivity index (χ0n) is 13.1. The summed E-state index contributed by atoms with van der Waals surface area (Å²) in [5, 5.41) is 3.31. The second-order valence-electron chi connectivity index (χ2n) is 5.51. The minimum absolute atomic E-state index is 0.485. The van der Waals surface area contributed by atoms with Gasteiger partial charge >= 0.3 is 0 Å². The molecule has 0 aliphatic heterocycles. The first-order valence-electron chi connectivity index (χ1n) is 6.85. The molecule has 0 spiro atoms. The lowest BCUT2D eigenvalue weighted by atomic mass is 10.2. The van der Waals surface area contributed by atoms with Gasteiger partial charge in [0.1, 0.15) is 0 Å². The molecule has 2 aromatic heterocycles. The van der Waals surface area contributed by atoms with Gasteiger partial charge in [0, 0.05) is 29.7 Å². The summed E-state index contributed by atoms with van der Waals surface area (Å²) in [6.45, 7) is 11.2. The Morgan fingerprint density at radius 3 is 2.20 bits per heavy atom. The third-order valence-electron chi connectivity index (χ3n) is 3.42. The van der Waals surface area contributed by atoms with Gasteiger partial charge in [0.05, 0.1) is 17.2 Å². The van der Waals surface area contributed by atoms with Crippen LogP contribution in [0.15, 0.2) is 5.38 Å². The second kappa shape index (κ2) is 5.87. The fourth-order valence-corrected chi connectivity index (χ4v) is 2.73. The van der Waals surface area contributed by atoms with Crippen LogP contribution in [0.4, 0.5) is 5.95 Å². The van der Waals surface area contributed by atoms with Crippen LogP contribution in [0, 0.1) is 20.8 Å². The molecule has 0 atom stereocenters. The Balaban J connectivity index is 2.17. The van der Waals surface area contributed by atoms with E-state index in [1.54, 1.807) is 11.3 Å². The fraction of sp³-hybridized carbons (Fsp3) is 0.533. The Kier molecular flexibility index (Phi) is 4.38. The Hall–Kier alpha value is -1.49. The van der Waals surface area contributed by atoms with Gasteiger partial charge in [-0.2, -0.15) is 0 Å². The molecule has 0 radical (unpaired) electrons. The van der Waals surface area contributed by atoms with Crippen LogP contribution < -0.4 is 4.90 Å². The van der Waals surface area contributed by atoms with Gasteiger partial charge in [-0.3, -0.25) is 0 Å². The summed E-state index contributed by atoms with van der Waals surface area (Å²) >= 11 is 1.72. The molecule has 0 bridgehead atoms. The molecule has 0 aliphatic rings. The predicted octanol–water partition coefficient (Wildman–Crippen LogP) is 3.62. The third kappa shape index (κ3) is 3.15. The van der Waals surface area contributed by atoms with Gasteiger partial charge in [-0.25, -0.2) is 15.0 Å². The van der Waals surface area contributed by atoms with Crippen LogP contribution in [0.3, 0.4) is 0 Å². The fourth-order valence-electron chi connectivity index (χ4n) is 1.90. The molecule has 0 amide bonds. The number of aryl methyl sites for hydroxylation is 2. The summed E-state index contributed by atoms with van der Waals surface area (Å²) in [6.07, 6.45) is 0. The molecule has 0 N–H and O–H groups in total. The zero-order chi connectivity index (χ0) is 14.9. The number of aromatic nitrogens is 3. The predicted molar refractivity (Wildman–Crippen MR) is 84.6 cm³/mol. The van der Waals surface area contributed by atoms with E-state index in [1.165, 1.54) is 5.01 Å². The topological polar surface area (TPSA) is 41.9 Å². The van der Waals surface area contributed by atoms with Gasteiger partial charge in [0.2, 0.25) is 5.95 Å². The van der Waals surface area contributed by atoms with Gasteiger partial charge in [-0.05, 0) is 26.3 Å². The minimum atomic E-state index is 0.485. The number of hydrogen-bond donors (Lipinski definition) is 0. The number of nitrogens with zero attached hydrogens (tertiary/aromatic N) is 4. The van der Waals surface area contributed by atoms with Gasteiger partial charge < -0.3 is 4.90 Å². The first-order chi connectivity index (χ1) is 9.38. The number of thiazole rings is 1. The lowest BCUT2D eigenvalue weighted by Crippen LogP contribution is -2.20. The van der Waals surface area contributed by atoms with Crippen LogP contribution >= 0.6 is 11.3 Å².